The zero-order chi connectivity index (χ0) is 22.3. The number of fused-ring (bicyclic) bond motifs is 1. The smallest absolute Gasteiger partial charge is 0.283 e. The molecule has 0 saturated carbocycles. The Balaban J connectivity index is 1.66. The molecule has 0 radical (unpaired) electrons. The number of amidine groups is 2. The van der Waals surface area contributed by atoms with E-state index in [1.807, 2.05) is 13.8 Å². The van der Waals surface area contributed by atoms with Gasteiger partial charge in [0.15, 0.2) is 5.84 Å². The number of nitro benzene ring substituents is 1. The molecule has 0 unspecified atom stereocenters. The van der Waals surface area contributed by atoms with Gasteiger partial charge in [0.25, 0.3) is 11.6 Å². The summed E-state index contributed by atoms with van der Waals surface area (Å²) in [6.45, 7) is 3.95. The lowest BCUT2D eigenvalue weighted by Crippen LogP contribution is -2.35. The van der Waals surface area contributed by atoms with Gasteiger partial charge in [-0.15, -0.1) is 0 Å². The average molecular weight is 439 g/mol. The summed E-state index contributed by atoms with van der Waals surface area (Å²) in [6.07, 6.45) is 1.43. The molecule has 2 aromatic rings. The van der Waals surface area contributed by atoms with Crippen LogP contribution in [0.15, 0.2) is 50.4 Å². The van der Waals surface area contributed by atoms with E-state index in [4.69, 9.17) is 14.6 Å². The molecule has 0 spiro atoms. The molecule has 31 heavy (non-hydrogen) atoms. The van der Waals surface area contributed by atoms with Gasteiger partial charge in [-0.25, -0.2) is 0 Å². The van der Waals surface area contributed by atoms with E-state index < -0.39 is 10.8 Å². The summed E-state index contributed by atoms with van der Waals surface area (Å²) in [6, 6.07) is 7.47. The topological polar surface area (TPSA) is 134 Å². The number of nitrogens with zero attached hydrogens (tertiary/aromatic N) is 4. The molecule has 0 atom stereocenters. The van der Waals surface area contributed by atoms with E-state index in [2.05, 4.69) is 10.1 Å². The summed E-state index contributed by atoms with van der Waals surface area (Å²) < 4.78 is 11.1. The number of hydrazone groups is 1. The van der Waals surface area contributed by atoms with Crippen LogP contribution in [0.3, 0.4) is 0 Å². The van der Waals surface area contributed by atoms with E-state index in [0.717, 1.165) is 5.04 Å². The molecule has 3 heterocycles. The Morgan fingerprint density at radius 1 is 1.32 bits per heavy atom. The number of nitrogens with one attached hydrogen (secondary N) is 1. The molecule has 1 amide bonds. The van der Waals surface area contributed by atoms with Gasteiger partial charge in [-0.2, -0.15) is 15.1 Å². The molecule has 10 nitrogen and oxygen atoms in total. The molecule has 1 aromatic carbocycles. The molecule has 0 fully saturated rings. The fourth-order valence-electron chi connectivity index (χ4n) is 2.95. The van der Waals surface area contributed by atoms with Gasteiger partial charge in [0.1, 0.15) is 22.3 Å². The SMILES string of the molecule is COc1cc([N+](=O)[O-])ccc1-c1ccc(/C=C2\C(=N)N3N=C(C(C)C)SC3=NC2=O)o1. The summed E-state index contributed by atoms with van der Waals surface area (Å²) in [5.74, 6) is 0.524. The van der Waals surface area contributed by atoms with E-state index in [1.165, 1.54) is 48.2 Å². The van der Waals surface area contributed by atoms with Gasteiger partial charge in [0, 0.05) is 12.0 Å². The quantitative estimate of drug-likeness (QED) is 0.420. The predicted octanol–water partition coefficient (Wildman–Crippen LogP) is 4.14. The molecule has 0 saturated heterocycles. The summed E-state index contributed by atoms with van der Waals surface area (Å²) >= 11 is 1.28. The van der Waals surface area contributed by atoms with Crippen LogP contribution in [0.5, 0.6) is 5.75 Å². The van der Waals surface area contributed by atoms with Crippen LogP contribution in [0.25, 0.3) is 17.4 Å². The Morgan fingerprint density at radius 2 is 2.10 bits per heavy atom. The van der Waals surface area contributed by atoms with Gasteiger partial charge < -0.3 is 9.15 Å². The Bertz CT molecular complexity index is 1210. The van der Waals surface area contributed by atoms with Crippen LogP contribution in [0.4, 0.5) is 5.69 Å². The molecule has 4 rings (SSSR count). The molecule has 2 aliphatic heterocycles. The highest BCUT2D eigenvalue weighted by atomic mass is 32.2. The summed E-state index contributed by atoms with van der Waals surface area (Å²) in [7, 11) is 1.41. The van der Waals surface area contributed by atoms with Crippen LogP contribution in [-0.2, 0) is 4.79 Å². The Labute approximate surface area is 180 Å². The van der Waals surface area contributed by atoms with Crippen molar-refractivity contribution in [2.24, 2.45) is 16.0 Å². The first-order valence-corrected chi connectivity index (χ1v) is 10.0. The number of nitro groups is 1. The molecule has 1 N–H and O–H groups in total. The predicted molar refractivity (Wildman–Crippen MR) is 117 cm³/mol. The molecule has 158 valence electrons. The Morgan fingerprint density at radius 3 is 2.77 bits per heavy atom. The zero-order valence-corrected chi connectivity index (χ0v) is 17.6. The second-order valence-electron chi connectivity index (χ2n) is 6.96. The highest BCUT2D eigenvalue weighted by Gasteiger charge is 2.36. The molecule has 2 aliphatic rings. The second-order valence-corrected chi connectivity index (χ2v) is 7.94. The summed E-state index contributed by atoms with van der Waals surface area (Å²) in [5, 5.41) is 26.2. The van der Waals surface area contributed by atoms with Crippen LogP contribution in [0.1, 0.15) is 19.6 Å². The average Bonchev–Trinajstić information content (AvgIpc) is 3.38. The fourth-order valence-corrected chi connectivity index (χ4v) is 3.85. The first-order valence-electron chi connectivity index (χ1n) is 9.21. The van der Waals surface area contributed by atoms with Crippen LogP contribution >= 0.6 is 11.8 Å². The summed E-state index contributed by atoms with van der Waals surface area (Å²) in [5.41, 5.74) is 0.467. The van der Waals surface area contributed by atoms with Crippen molar-refractivity contribution in [3.63, 3.8) is 0 Å². The number of non-ortho nitro benzene ring substituents is 1. The lowest BCUT2D eigenvalue weighted by molar-refractivity contribution is -0.384. The van der Waals surface area contributed by atoms with Crippen LogP contribution in [-0.4, -0.2) is 39.0 Å². The van der Waals surface area contributed by atoms with E-state index in [-0.39, 0.29) is 28.8 Å². The van der Waals surface area contributed by atoms with Gasteiger partial charge in [0.05, 0.1) is 29.2 Å². The third kappa shape index (κ3) is 3.75. The number of furan rings is 1. The van der Waals surface area contributed by atoms with Crippen molar-refractivity contribution in [2.45, 2.75) is 13.8 Å². The van der Waals surface area contributed by atoms with Crippen molar-refractivity contribution < 1.29 is 18.9 Å². The maximum atomic E-state index is 12.5. The number of amides is 1. The van der Waals surface area contributed by atoms with Crippen molar-refractivity contribution in [2.75, 3.05) is 7.11 Å². The molecular formula is C20H17N5O5S. The normalized spacial score (nSPS) is 17.2. The number of carbonyl (C=O) groups excluding carboxylic acids is 1. The van der Waals surface area contributed by atoms with Gasteiger partial charge in [0.2, 0.25) is 5.17 Å². The van der Waals surface area contributed by atoms with E-state index >= 15 is 0 Å². The third-order valence-corrected chi connectivity index (χ3v) is 5.75. The molecule has 0 aliphatic carbocycles. The van der Waals surface area contributed by atoms with Gasteiger partial charge >= 0.3 is 0 Å². The van der Waals surface area contributed by atoms with E-state index in [0.29, 0.717) is 22.3 Å². The van der Waals surface area contributed by atoms with Gasteiger partial charge in [-0.3, -0.25) is 20.3 Å². The number of benzene rings is 1. The number of ether oxygens (including phenoxy) is 1. The van der Waals surface area contributed by atoms with E-state index in [1.54, 1.807) is 12.1 Å². The Hall–Kier alpha value is -3.73. The number of methoxy groups -OCH3 is 1. The van der Waals surface area contributed by atoms with Crippen molar-refractivity contribution >= 4 is 45.5 Å². The first kappa shape index (κ1) is 20.5. The lowest BCUT2D eigenvalue weighted by atomic mass is 10.1. The number of hydrogen-bond donors (Lipinski definition) is 1. The number of thioether (sulfide) groups is 1. The minimum atomic E-state index is -0.546. The van der Waals surface area contributed by atoms with Crippen molar-refractivity contribution in [3.8, 4) is 17.1 Å². The van der Waals surface area contributed by atoms with Crippen LogP contribution in [0, 0.1) is 21.4 Å². The first-order chi connectivity index (χ1) is 14.8. The maximum absolute atomic E-state index is 12.5. The lowest BCUT2D eigenvalue weighted by Gasteiger charge is -2.19. The minimum Gasteiger partial charge on any atom is -0.496 e. The highest BCUT2D eigenvalue weighted by molar-refractivity contribution is 8.27. The summed E-state index contributed by atoms with van der Waals surface area (Å²) in [4.78, 5) is 27.0. The maximum Gasteiger partial charge on any atom is 0.283 e. The zero-order valence-electron chi connectivity index (χ0n) is 16.8. The van der Waals surface area contributed by atoms with Crippen molar-refractivity contribution in [3.05, 3.63) is 51.8 Å². The molecular weight excluding hydrogens is 422 g/mol. The number of hydrogen-bond acceptors (Lipinski definition) is 8. The molecule has 11 heteroatoms. The van der Waals surface area contributed by atoms with Crippen LogP contribution in [0.2, 0.25) is 0 Å². The largest absolute Gasteiger partial charge is 0.496 e. The number of carbonyl (C=O) groups is 1. The second kappa shape index (κ2) is 7.84. The van der Waals surface area contributed by atoms with E-state index in [9.17, 15) is 14.9 Å². The third-order valence-electron chi connectivity index (χ3n) is 4.54. The highest BCUT2D eigenvalue weighted by Crippen LogP contribution is 2.35. The molecule has 1 aromatic heterocycles. The van der Waals surface area contributed by atoms with Gasteiger partial charge in [-0.1, -0.05) is 13.8 Å². The van der Waals surface area contributed by atoms with Gasteiger partial charge in [-0.05, 0) is 36.0 Å². The minimum absolute atomic E-state index is 0.0506. The number of aliphatic imine (C=N–C) groups is 1. The Kier molecular flexibility index (Phi) is 5.19. The monoisotopic (exact) mass is 439 g/mol. The van der Waals surface area contributed by atoms with Crippen molar-refractivity contribution in [1.29, 1.82) is 5.41 Å². The van der Waals surface area contributed by atoms with Crippen LogP contribution < -0.4 is 4.74 Å². The fraction of sp³-hybridized carbons (Fsp3) is 0.200. The number of rotatable bonds is 5. The van der Waals surface area contributed by atoms with Crippen molar-refractivity contribution in [1.82, 2.24) is 5.01 Å². The molecule has 0 bridgehead atoms. The standard InChI is InChI=1S/C20H17N5O5S/c1-10(2)19-23-24-17(21)14(18(26)22-20(24)31-19)9-12-5-7-15(30-12)13-6-4-11(25(27)28)8-16(13)29-3/h4-10,21H,1-3H3/b14-9+,21-17?.